The first-order valence-corrected chi connectivity index (χ1v) is 6.05. The third kappa shape index (κ3) is 0.769. The summed E-state index contributed by atoms with van der Waals surface area (Å²) in [6.45, 7) is 8.93. The molecule has 3 rings (SSSR count). The first-order valence-electron chi connectivity index (χ1n) is 6.05. The third-order valence-corrected chi connectivity index (χ3v) is 5.01. The van der Waals surface area contributed by atoms with E-state index >= 15 is 0 Å². The highest BCUT2D eigenvalue weighted by molar-refractivity contribution is 5.44. The van der Waals surface area contributed by atoms with Gasteiger partial charge >= 0.3 is 0 Å². The van der Waals surface area contributed by atoms with E-state index in [4.69, 9.17) is 0 Å². The number of allylic oxidation sites excluding steroid dienone is 3. The Morgan fingerprint density at radius 2 is 2.00 bits per heavy atom. The van der Waals surface area contributed by atoms with E-state index in [2.05, 4.69) is 26.5 Å². The summed E-state index contributed by atoms with van der Waals surface area (Å²) in [5.41, 5.74) is 3.71. The molecule has 0 N–H and O–H groups in total. The molecule has 0 aromatic carbocycles. The van der Waals surface area contributed by atoms with Gasteiger partial charge in [-0.15, -0.1) is 0 Å². The summed E-state index contributed by atoms with van der Waals surface area (Å²) < 4.78 is 0. The quantitative estimate of drug-likeness (QED) is 0.576. The van der Waals surface area contributed by atoms with E-state index in [0.717, 1.165) is 17.8 Å². The van der Waals surface area contributed by atoms with Gasteiger partial charge in [-0.3, -0.25) is 0 Å². The Balaban J connectivity index is 1.98. The van der Waals surface area contributed by atoms with E-state index in [1.807, 2.05) is 0 Å². The average molecular weight is 188 g/mol. The number of fused-ring (bicyclic) bond motifs is 1. The Bertz CT molecular complexity index is 311. The minimum atomic E-state index is 0.496. The SMILES string of the molecule is C=C(C)C1(C2=CCCC2C)C2CCC21. The molecule has 0 bridgehead atoms. The van der Waals surface area contributed by atoms with Crippen molar-refractivity contribution in [3.05, 3.63) is 23.8 Å². The maximum atomic E-state index is 4.27. The fraction of sp³-hybridized carbons (Fsp3) is 0.714. The molecule has 76 valence electrons. The predicted molar refractivity (Wildman–Crippen MR) is 59.9 cm³/mol. The summed E-state index contributed by atoms with van der Waals surface area (Å²) in [6.07, 6.45) is 8.13. The molecule has 3 unspecified atom stereocenters. The zero-order chi connectivity index (χ0) is 9.92. The van der Waals surface area contributed by atoms with E-state index in [0.29, 0.717) is 5.41 Å². The van der Waals surface area contributed by atoms with Crippen LogP contribution in [0.1, 0.15) is 39.5 Å². The highest BCUT2D eigenvalue weighted by Crippen LogP contribution is 2.78. The first-order chi connectivity index (χ1) is 6.69. The molecular weight excluding hydrogens is 168 g/mol. The van der Waals surface area contributed by atoms with Crippen LogP contribution in [-0.4, -0.2) is 0 Å². The molecule has 0 heterocycles. The lowest BCUT2D eigenvalue weighted by Gasteiger charge is -2.22. The van der Waals surface area contributed by atoms with Crippen LogP contribution in [0, 0.1) is 23.2 Å². The van der Waals surface area contributed by atoms with Gasteiger partial charge in [0.2, 0.25) is 0 Å². The molecule has 14 heavy (non-hydrogen) atoms. The lowest BCUT2D eigenvalue weighted by Crippen LogP contribution is -2.12. The van der Waals surface area contributed by atoms with E-state index in [-0.39, 0.29) is 0 Å². The van der Waals surface area contributed by atoms with E-state index in [1.54, 1.807) is 5.57 Å². The molecule has 3 atom stereocenters. The molecule has 0 heteroatoms. The van der Waals surface area contributed by atoms with Gasteiger partial charge in [0.1, 0.15) is 0 Å². The van der Waals surface area contributed by atoms with Gasteiger partial charge in [0.05, 0.1) is 0 Å². The van der Waals surface area contributed by atoms with Crippen molar-refractivity contribution < 1.29 is 0 Å². The normalized spacial score (nSPS) is 49.3. The van der Waals surface area contributed by atoms with Crippen molar-refractivity contribution in [2.24, 2.45) is 23.2 Å². The van der Waals surface area contributed by atoms with Gasteiger partial charge in [-0.1, -0.05) is 30.7 Å². The van der Waals surface area contributed by atoms with Crippen molar-refractivity contribution in [1.82, 2.24) is 0 Å². The number of hydrogen-bond acceptors (Lipinski definition) is 0. The van der Waals surface area contributed by atoms with Crippen LogP contribution >= 0.6 is 0 Å². The van der Waals surface area contributed by atoms with Crippen LogP contribution in [-0.2, 0) is 0 Å². The van der Waals surface area contributed by atoms with Crippen molar-refractivity contribution in [3.8, 4) is 0 Å². The van der Waals surface area contributed by atoms with Crippen molar-refractivity contribution >= 4 is 0 Å². The topological polar surface area (TPSA) is 0 Å². The van der Waals surface area contributed by atoms with E-state index < -0.39 is 0 Å². The zero-order valence-electron chi connectivity index (χ0n) is 9.34. The van der Waals surface area contributed by atoms with Gasteiger partial charge in [-0.2, -0.15) is 0 Å². The van der Waals surface area contributed by atoms with E-state index in [1.165, 1.54) is 31.3 Å². The monoisotopic (exact) mass is 188 g/mol. The standard InChI is InChI=1S/C14H20/c1-9(2)14(12-7-8-13(12)14)11-6-4-5-10(11)3/h6,10,12-13H,1,4-5,7-8H2,2-3H3. The van der Waals surface area contributed by atoms with Crippen LogP contribution in [0.4, 0.5) is 0 Å². The van der Waals surface area contributed by atoms with Gasteiger partial charge in [0.25, 0.3) is 0 Å². The molecule has 0 nitrogen and oxygen atoms in total. The first kappa shape index (κ1) is 8.76. The van der Waals surface area contributed by atoms with Crippen molar-refractivity contribution in [2.45, 2.75) is 39.5 Å². The number of rotatable bonds is 2. The van der Waals surface area contributed by atoms with Gasteiger partial charge in [-0.05, 0) is 50.4 Å². The highest BCUT2D eigenvalue weighted by atomic mass is 14.7. The van der Waals surface area contributed by atoms with Crippen LogP contribution in [0.3, 0.4) is 0 Å². The fourth-order valence-corrected chi connectivity index (χ4v) is 4.22. The molecule has 0 aromatic heterocycles. The van der Waals surface area contributed by atoms with Gasteiger partial charge in [0, 0.05) is 5.41 Å². The maximum absolute atomic E-state index is 4.27. The molecule has 0 aromatic rings. The van der Waals surface area contributed by atoms with Crippen LogP contribution in [0.25, 0.3) is 0 Å². The molecule has 0 amide bonds. The Morgan fingerprint density at radius 1 is 1.36 bits per heavy atom. The van der Waals surface area contributed by atoms with Gasteiger partial charge < -0.3 is 0 Å². The van der Waals surface area contributed by atoms with E-state index in [9.17, 15) is 0 Å². The highest BCUT2D eigenvalue weighted by Gasteiger charge is 2.71. The summed E-state index contributed by atoms with van der Waals surface area (Å²) in [5, 5.41) is 0. The van der Waals surface area contributed by atoms with Gasteiger partial charge in [0.15, 0.2) is 0 Å². The molecular formula is C14H20. The molecule has 0 spiro atoms. The number of hydrogen-bond donors (Lipinski definition) is 0. The molecule has 2 fully saturated rings. The molecule has 3 aliphatic carbocycles. The summed E-state index contributed by atoms with van der Waals surface area (Å²) in [6, 6.07) is 0. The second-order valence-electron chi connectivity index (χ2n) is 5.58. The van der Waals surface area contributed by atoms with Crippen LogP contribution in [0.2, 0.25) is 0 Å². The Morgan fingerprint density at radius 3 is 2.36 bits per heavy atom. The summed E-state index contributed by atoms with van der Waals surface area (Å²) in [7, 11) is 0. The largest absolute Gasteiger partial charge is 0.0992 e. The van der Waals surface area contributed by atoms with Crippen molar-refractivity contribution in [1.29, 1.82) is 0 Å². The zero-order valence-corrected chi connectivity index (χ0v) is 9.34. The van der Waals surface area contributed by atoms with Crippen LogP contribution in [0.15, 0.2) is 23.8 Å². The Kier molecular flexibility index (Phi) is 1.59. The summed E-state index contributed by atoms with van der Waals surface area (Å²) in [4.78, 5) is 0. The Labute approximate surface area is 87.1 Å². The minimum absolute atomic E-state index is 0.496. The second-order valence-corrected chi connectivity index (χ2v) is 5.58. The lowest BCUT2D eigenvalue weighted by atomic mass is 9.82. The summed E-state index contributed by atoms with van der Waals surface area (Å²) >= 11 is 0. The maximum Gasteiger partial charge on any atom is 0.0180 e. The Hall–Kier alpha value is -0.520. The predicted octanol–water partition coefficient (Wildman–Crippen LogP) is 3.95. The van der Waals surface area contributed by atoms with Crippen molar-refractivity contribution in [3.63, 3.8) is 0 Å². The third-order valence-electron chi connectivity index (χ3n) is 5.01. The summed E-state index contributed by atoms with van der Waals surface area (Å²) in [5.74, 6) is 2.82. The molecule has 0 saturated heterocycles. The molecule has 0 aliphatic heterocycles. The van der Waals surface area contributed by atoms with Gasteiger partial charge in [-0.25, -0.2) is 0 Å². The average Bonchev–Trinajstić information content (AvgIpc) is 2.42. The second kappa shape index (κ2) is 2.53. The molecule has 0 radical (unpaired) electrons. The van der Waals surface area contributed by atoms with Crippen LogP contribution in [0.5, 0.6) is 0 Å². The molecule has 2 saturated carbocycles. The smallest absolute Gasteiger partial charge is 0.0180 e. The molecule has 3 aliphatic rings. The lowest BCUT2D eigenvalue weighted by molar-refractivity contribution is 0.468. The fourth-order valence-electron chi connectivity index (χ4n) is 4.22. The minimum Gasteiger partial charge on any atom is -0.0992 e. The van der Waals surface area contributed by atoms with Crippen LogP contribution < -0.4 is 0 Å². The van der Waals surface area contributed by atoms with Crippen molar-refractivity contribution in [2.75, 3.05) is 0 Å².